The van der Waals surface area contributed by atoms with Crippen LogP contribution >= 0.6 is 0 Å². The van der Waals surface area contributed by atoms with Crippen LogP contribution in [0, 0.1) is 17.0 Å². The molecule has 0 aliphatic carbocycles. The van der Waals surface area contributed by atoms with E-state index in [9.17, 15) is 14.9 Å². The van der Waals surface area contributed by atoms with E-state index in [2.05, 4.69) is 0 Å². The average Bonchev–Trinajstić information content (AvgIpc) is 2.92. The van der Waals surface area contributed by atoms with Crippen molar-refractivity contribution in [2.75, 3.05) is 0 Å². The minimum atomic E-state index is -0.721. The zero-order chi connectivity index (χ0) is 19.1. The molecule has 0 aliphatic heterocycles. The number of non-ortho nitro benzene ring substituents is 1. The van der Waals surface area contributed by atoms with Gasteiger partial charge in [0.2, 0.25) is 0 Å². The molecular formula is C20H20N2O4. The lowest BCUT2D eigenvalue weighted by atomic mass is 10.1. The number of nitro benzene ring substituents is 1. The molecule has 3 aromatic rings. The number of fused-ring (bicyclic) bond motifs is 1. The predicted molar refractivity (Wildman–Crippen MR) is 100 cm³/mol. The van der Waals surface area contributed by atoms with Crippen molar-refractivity contribution in [1.29, 1.82) is 0 Å². The van der Waals surface area contributed by atoms with Gasteiger partial charge in [-0.25, -0.2) is 9.36 Å². The molecule has 0 aliphatic rings. The number of aryl methyl sites for hydroxylation is 1. The quantitative estimate of drug-likeness (QED) is 0.463. The van der Waals surface area contributed by atoms with Crippen molar-refractivity contribution in [2.45, 2.75) is 33.3 Å². The third-order valence-electron chi connectivity index (χ3n) is 3.86. The Morgan fingerprint density at radius 1 is 1.12 bits per heavy atom. The van der Waals surface area contributed by atoms with Gasteiger partial charge in [0, 0.05) is 11.5 Å². The van der Waals surface area contributed by atoms with E-state index in [1.54, 1.807) is 33.8 Å². The first-order chi connectivity index (χ1) is 12.2. The lowest BCUT2D eigenvalue weighted by molar-refractivity contribution is -0.383. The maximum atomic E-state index is 12.9. The Hall–Kier alpha value is -3.15. The molecule has 6 nitrogen and oxygen atoms in total. The van der Waals surface area contributed by atoms with E-state index in [1.165, 1.54) is 10.6 Å². The molecule has 134 valence electrons. The average molecular weight is 352 g/mol. The highest BCUT2D eigenvalue weighted by molar-refractivity contribution is 6.01. The van der Waals surface area contributed by atoms with Crippen molar-refractivity contribution in [2.24, 2.45) is 0 Å². The first kappa shape index (κ1) is 17.7. The number of benzene rings is 2. The normalized spacial score (nSPS) is 11.5. The maximum Gasteiger partial charge on any atom is 0.419 e. The molecule has 0 N–H and O–H groups in total. The summed E-state index contributed by atoms with van der Waals surface area (Å²) in [6.45, 7) is 7.07. The van der Waals surface area contributed by atoms with Crippen LogP contribution in [0.4, 0.5) is 10.5 Å². The van der Waals surface area contributed by atoms with Crippen molar-refractivity contribution in [1.82, 2.24) is 4.57 Å². The molecule has 0 amide bonds. The van der Waals surface area contributed by atoms with E-state index in [-0.39, 0.29) is 11.2 Å². The lowest BCUT2D eigenvalue weighted by Crippen LogP contribution is -2.27. The van der Waals surface area contributed by atoms with Crippen molar-refractivity contribution in [3.8, 4) is 11.3 Å². The van der Waals surface area contributed by atoms with Gasteiger partial charge in [-0.15, -0.1) is 0 Å². The number of nitrogens with zero attached hydrogens (tertiary/aromatic N) is 2. The molecule has 0 saturated carbocycles. The molecule has 3 rings (SSSR count). The summed E-state index contributed by atoms with van der Waals surface area (Å²) in [6.07, 6.45) is -0.640. The van der Waals surface area contributed by atoms with Gasteiger partial charge >= 0.3 is 6.09 Å². The predicted octanol–water partition coefficient (Wildman–Crippen LogP) is 5.31. The number of carbonyl (C=O) groups excluding carboxylic acids is 1. The highest BCUT2D eigenvalue weighted by atomic mass is 16.6. The SMILES string of the molecule is Cc1cc([N+](=O)[O-])c2c(c1)cc(-c1ccccc1)n2C(=O)OC(C)(C)C. The monoisotopic (exact) mass is 352 g/mol. The summed E-state index contributed by atoms with van der Waals surface area (Å²) in [5, 5.41) is 12.2. The summed E-state index contributed by atoms with van der Waals surface area (Å²) in [4.78, 5) is 24.1. The first-order valence-electron chi connectivity index (χ1n) is 8.26. The molecular weight excluding hydrogens is 332 g/mol. The second kappa shape index (κ2) is 6.29. The second-order valence-corrected chi connectivity index (χ2v) is 7.19. The van der Waals surface area contributed by atoms with Gasteiger partial charge in [0.1, 0.15) is 11.1 Å². The van der Waals surface area contributed by atoms with Crippen molar-refractivity contribution < 1.29 is 14.5 Å². The smallest absolute Gasteiger partial charge is 0.419 e. The van der Waals surface area contributed by atoms with E-state index >= 15 is 0 Å². The van der Waals surface area contributed by atoms with Gasteiger partial charge in [0.25, 0.3) is 5.69 Å². The van der Waals surface area contributed by atoms with Crippen LogP contribution < -0.4 is 0 Å². The summed E-state index contributed by atoms with van der Waals surface area (Å²) in [5.41, 5.74) is 1.50. The highest BCUT2D eigenvalue weighted by Gasteiger charge is 2.27. The molecule has 0 bridgehead atoms. The Kier molecular flexibility index (Phi) is 4.28. The molecule has 0 spiro atoms. The molecule has 0 unspecified atom stereocenters. The molecule has 1 aromatic heterocycles. The van der Waals surface area contributed by atoms with Crippen LogP contribution in [0.3, 0.4) is 0 Å². The minimum absolute atomic E-state index is 0.118. The number of hydrogen-bond acceptors (Lipinski definition) is 4. The fourth-order valence-corrected chi connectivity index (χ4v) is 2.93. The van der Waals surface area contributed by atoms with Gasteiger partial charge in [-0.2, -0.15) is 0 Å². The van der Waals surface area contributed by atoms with E-state index in [0.717, 1.165) is 11.1 Å². The van der Waals surface area contributed by atoms with Crippen LogP contribution in [0.1, 0.15) is 26.3 Å². The molecule has 0 atom stereocenters. The second-order valence-electron chi connectivity index (χ2n) is 7.19. The van der Waals surface area contributed by atoms with Gasteiger partial charge in [-0.05, 0) is 51.0 Å². The van der Waals surface area contributed by atoms with Crippen LogP contribution in [-0.4, -0.2) is 21.2 Å². The highest BCUT2D eigenvalue weighted by Crippen LogP contribution is 2.35. The number of hydrogen-bond donors (Lipinski definition) is 0. The number of carbonyl (C=O) groups is 1. The minimum Gasteiger partial charge on any atom is -0.443 e. The Balaban J connectivity index is 2.36. The Morgan fingerprint density at radius 2 is 1.77 bits per heavy atom. The summed E-state index contributed by atoms with van der Waals surface area (Å²) < 4.78 is 6.82. The van der Waals surface area contributed by atoms with Crippen LogP contribution in [0.5, 0.6) is 0 Å². The molecule has 0 saturated heterocycles. The number of aromatic nitrogens is 1. The number of ether oxygens (including phenoxy) is 1. The Bertz CT molecular complexity index is 998. The van der Waals surface area contributed by atoms with Crippen LogP contribution in [-0.2, 0) is 4.74 Å². The number of nitro groups is 1. The van der Waals surface area contributed by atoms with Crippen molar-refractivity contribution in [3.05, 3.63) is 64.2 Å². The number of rotatable bonds is 2. The van der Waals surface area contributed by atoms with E-state index in [0.29, 0.717) is 11.1 Å². The largest absolute Gasteiger partial charge is 0.443 e. The van der Waals surface area contributed by atoms with Gasteiger partial charge < -0.3 is 4.74 Å². The zero-order valence-corrected chi connectivity index (χ0v) is 15.1. The third kappa shape index (κ3) is 3.31. The van der Waals surface area contributed by atoms with Gasteiger partial charge in [-0.3, -0.25) is 10.1 Å². The maximum absolute atomic E-state index is 12.9. The van der Waals surface area contributed by atoms with E-state index in [4.69, 9.17) is 4.74 Å². The Labute approximate surface area is 151 Å². The molecule has 0 fully saturated rings. The topological polar surface area (TPSA) is 74.4 Å². The zero-order valence-electron chi connectivity index (χ0n) is 15.1. The van der Waals surface area contributed by atoms with E-state index in [1.807, 2.05) is 36.4 Å². The van der Waals surface area contributed by atoms with Crippen molar-refractivity contribution >= 4 is 22.7 Å². The third-order valence-corrected chi connectivity index (χ3v) is 3.86. The summed E-state index contributed by atoms with van der Waals surface area (Å²) in [7, 11) is 0. The Morgan fingerprint density at radius 3 is 2.35 bits per heavy atom. The lowest BCUT2D eigenvalue weighted by Gasteiger charge is -2.21. The summed E-state index contributed by atoms with van der Waals surface area (Å²) in [6, 6.07) is 14.4. The molecule has 6 heteroatoms. The fraction of sp³-hybridized carbons (Fsp3) is 0.250. The van der Waals surface area contributed by atoms with Crippen molar-refractivity contribution in [3.63, 3.8) is 0 Å². The van der Waals surface area contributed by atoms with Gasteiger partial charge in [0.05, 0.1) is 10.6 Å². The standard InChI is InChI=1S/C20H20N2O4/c1-13-10-15-12-16(14-8-6-5-7-9-14)21(19(23)26-20(2,3)4)18(15)17(11-13)22(24)25/h5-12H,1-4H3. The molecule has 2 aromatic carbocycles. The fourth-order valence-electron chi connectivity index (χ4n) is 2.93. The first-order valence-corrected chi connectivity index (χ1v) is 8.26. The van der Waals surface area contributed by atoms with E-state index < -0.39 is 16.6 Å². The van der Waals surface area contributed by atoms with Gasteiger partial charge in [0.15, 0.2) is 0 Å². The van der Waals surface area contributed by atoms with Gasteiger partial charge in [-0.1, -0.05) is 30.3 Å². The van der Waals surface area contributed by atoms with Crippen LogP contribution in [0.15, 0.2) is 48.5 Å². The summed E-state index contributed by atoms with van der Waals surface area (Å²) in [5.74, 6) is 0. The molecule has 1 heterocycles. The summed E-state index contributed by atoms with van der Waals surface area (Å²) >= 11 is 0. The molecule has 0 radical (unpaired) electrons. The van der Waals surface area contributed by atoms with Crippen LogP contribution in [0.25, 0.3) is 22.2 Å². The van der Waals surface area contributed by atoms with Crippen LogP contribution in [0.2, 0.25) is 0 Å². The molecule has 26 heavy (non-hydrogen) atoms.